The molecule has 0 radical (unpaired) electrons. The van der Waals surface area contributed by atoms with Crippen molar-refractivity contribution in [3.63, 3.8) is 0 Å². The number of guanidine groups is 2. The van der Waals surface area contributed by atoms with Crippen molar-refractivity contribution >= 4 is 95.7 Å². The highest BCUT2D eigenvalue weighted by atomic mass is 35.5. The van der Waals surface area contributed by atoms with E-state index in [1.165, 1.54) is 60.7 Å². The third-order valence-electron chi connectivity index (χ3n) is 8.55. The van der Waals surface area contributed by atoms with Crippen molar-refractivity contribution in [3.8, 4) is 23.0 Å². The first-order valence-electron chi connectivity index (χ1n) is 19.3. The van der Waals surface area contributed by atoms with Crippen molar-refractivity contribution in [1.82, 2.24) is 10.6 Å². The van der Waals surface area contributed by atoms with Gasteiger partial charge in [0.25, 0.3) is 11.8 Å². The van der Waals surface area contributed by atoms with Crippen LogP contribution in [-0.4, -0.2) is 118 Å². The second-order valence-corrected chi connectivity index (χ2v) is 13.6. The average Bonchev–Trinajstić information content (AvgIpc) is 3.25. The number of hydrogen-bond acceptors (Lipinski definition) is 15. The molecule has 14 N–H and O–H groups in total. The Morgan fingerprint density at radius 3 is 1.17 bits per heavy atom. The van der Waals surface area contributed by atoms with Crippen LogP contribution in [0.25, 0.3) is 0 Å². The molecule has 0 saturated heterocycles. The van der Waals surface area contributed by atoms with Crippen LogP contribution >= 0.6 is 24.8 Å². The maximum absolute atomic E-state index is 13.2. The fraction of sp³-hybridized carbons (Fsp3) is 0.190. The summed E-state index contributed by atoms with van der Waals surface area (Å²) in [6.45, 7) is -1.03. The van der Waals surface area contributed by atoms with E-state index in [-0.39, 0.29) is 108 Å². The minimum absolute atomic E-state index is 0. The van der Waals surface area contributed by atoms with Crippen molar-refractivity contribution < 1.29 is 82.5 Å². The third kappa shape index (κ3) is 18.3. The van der Waals surface area contributed by atoms with Crippen LogP contribution in [0, 0.1) is 10.8 Å². The number of halogens is 2. The van der Waals surface area contributed by atoms with Crippen molar-refractivity contribution in [3.05, 3.63) is 107 Å². The van der Waals surface area contributed by atoms with Gasteiger partial charge in [0.05, 0.1) is 48.3 Å². The molecular weight excluding hydrogens is 959 g/mol. The second kappa shape index (κ2) is 27.1. The lowest BCUT2D eigenvalue weighted by Gasteiger charge is -2.17. The molecule has 0 aromatic heterocycles. The Morgan fingerprint density at radius 1 is 0.522 bits per heavy atom. The molecule has 0 fully saturated rings. The van der Waals surface area contributed by atoms with Gasteiger partial charge in [-0.2, -0.15) is 0 Å². The molecule has 2 atom stereocenters. The van der Waals surface area contributed by atoms with Crippen LogP contribution in [-0.2, 0) is 23.9 Å². The molecule has 4 aromatic carbocycles. The highest BCUT2D eigenvalue weighted by Crippen LogP contribution is 2.28. The smallest absolute Gasteiger partial charge is 0.343 e. The largest absolute Gasteiger partial charge is 0.490 e. The number of amides is 2. The van der Waals surface area contributed by atoms with Gasteiger partial charge in [0.2, 0.25) is 0 Å². The number of rotatable bonds is 24. The van der Waals surface area contributed by atoms with E-state index in [1.54, 1.807) is 0 Å². The van der Waals surface area contributed by atoms with Gasteiger partial charge in [-0.15, -0.1) is 24.8 Å². The highest BCUT2D eigenvalue weighted by molar-refractivity contribution is 6.01. The zero-order valence-electron chi connectivity index (χ0n) is 35.5. The zero-order valence-corrected chi connectivity index (χ0v) is 37.2. The number of carboxylic acid groups (broad SMARTS) is 4. The first-order valence-corrected chi connectivity index (χ1v) is 19.3. The summed E-state index contributed by atoms with van der Waals surface area (Å²) in [6.07, 6.45) is -1.90. The number of carboxylic acids is 4. The van der Waals surface area contributed by atoms with Crippen LogP contribution in [0.1, 0.15) is 54.3 Å². The predicted octanol–water partition coefficient (Wildman–Crippen LogP) is 2.37. The molecule has 0 aliphatic rings. The number of anilines is 2. The summed E-state index contributed by atoms with van der Waals surface area (Å²) in [6, 6.07) is 14.8. The molecule has 69 heavy (non-hydrogen) atoms. The molecule has 27 heteroatoms. The van der Waals surface area contributed by atoms with Crippen molar-refractivity contribution in [2.45, 2.75) is 24.9 Å². The van der Waals surface area contributed by atoms with E-state index in [9.17, 15) is 48.6 Å². The molecule has 25 nitrogen and oxygen atoms in total. The molecular formula is C42H44Cl2N8O17. The van der Waals surface area contributed by atoms with Crippen LogP contribution in [0.2, 0.25) is 0 Å². The minimum Gasteiger partial charge on any atom is -0.490 e. The summed E-state index contributed by atoms with van der Waals surface area (Å²) in [4.78, 5) is 98.0. The van der Waals surface area contributed by atoms with E-state index in [0.29, 0.717) is 11.4 Å². The van der Waals surface area contributed by atoms with E-state index >= 15 is 0 Å². The fourth-order valence-corrected chi connectivity index (χ4v) is 5.51. The van der Waals surface area contributed by atoms with Crippen LogP contribution in [0.3, 0.4) is 0 Å². The Morgan fingerprint density at radius 2 is 0.870 bits per heavy atom. The van der Waals surface area contributed by atoms with Gasteiger partial charge >= 0.3 is 35.8 Å². The van der Waals surface area contributed by atoms with Gasteiger partial charge in [-0.25, -0.2) is 19.2 Å². The van der Waals surface area contributed by atoms with Crippen LogP contribution in [0.15, 0.2) is 84.9 Å². The topological polar surface area (TPSA) is 411 Å². The summed E-state index contributed by atoms with van der Waals surface area (Å²) in [5, 5.41) is 61.1. The van der Waals surface area contributed by atoms with Crippen molar-refractivity contribution in [2.24, 2.45) is 11.5 Å². The number of hydrogen-bond donors (Lipinski definition) is 12. The lowest BCUT2D eigenvalue weighted by molar-refractivity contribution is -0.145. The maximum atomic E-state index is 13.2. The number of carbonyl (C=O) groups excluding carboxylic acids is 4. The number of carbonyl (C=O) groups is 8. The molecule has 368 valence electrons. The fourth-order valence-electron chi connectivity index (χ4n) is 5.51. The summed E-state index contributed by atoms with van der Waals surface area (Å²) in [7, 11) is 0. The first kappa shape index (κ1) is 56.4. The van der Waals surface area contributed by atoms with Gasteiger partial charge in [0, 0.05) is 23.5 Å². The normalized spacial score (nSPS) is 11.0. The van der Waals surface area contributed by atoms with E-state index in [2.05, 4.69) is 21.3 Å². The molecule has 0 bridgehead atoms. The summed E-state index contributed by atoms with van der Waals surface area (Å²) in [5.74, 6) is -11.4. The van der Waals surface area contributed by atoms with Gasteiger partial charge in [-0.05, 0) is 72.8 Å². The SMILES string of the molecule is Cl.Cl.N=C(N)Nc1ccc(C(=O)Oc2ccc(C(=O)N[C@@H](CC(=O)O)C(=O)O)c(OCCOCCOc3cc(OC(=O)c4ccc(NC(=N)N)cc4)ccc3C(=O)N[C@@H](CC(=O)O)C(=O)O)c2)cc1. The number of benzene rings is 4. The molecule has 4 rings (SSSR count). The Labute approximate surface area is 402 Å². The summed E-state index contributed by atoms with van der Waals surface area (Å²) in [5.41, 5.74) is 11.1. The predicted molar refractivity (Wildman–Crippen MR) is 245 cm³/mol. The summed E-state index contributed by atoms with van der Waals surface area (Å²) < 4.78 is 27.9. The lowest BCUT2D eigenvalue weighted by Crippen LogP contribution is -2.42. The number of nitrogens with one attached hydrogen (secondary N) is 6. The molecule has 0 saturated carbocycles. The number of ether oxygens (including phenoxy) is 5. The molecule has 0 spiro atoms. The second-order valence-electron chi connectivity index (χ2n) is 13.6. The van der Waals surface area contributed by atoms with E-state index < -0.39 is 72.6 Å². The molecule has 0 unspecified atom stereocenters. The lowest BCUT2D eigenvalue weighted by atomic mass is 10.1. The Bertz CT molecular complexity index is 2370. The van der Waals surface area contributed by atoms with Crippen LogP contribution < -0.4 is 51.7 Å². The standard InChI is InChI=1S/C42H42N8O17.2ClH/c43-41(44)47-23-5-1-21(2-6-23)39(61)66-25-9-11-27(35(55)49-29(37(57)58)19-33(51)52)31(17-25)64-15-13-63-14-16-65-32-18-26(67-40(62)22-3-7-24(8-4-22)48-42(45)46)10-12-28(32)36(56)50-30(38(59)60)20-34(53)54;;/h1-12,17-18,29-30H,13-16,19-20H2,(H,49,55)(H,50,56)(H,51,52)(H,53,54)(H,57,58)(H,59,60)(H4,43,44,47)(H4,45,46,48);2*1H/t29-,30-;;/m0../s1. The molecule has 0 aliphatic heterocycles. The number of esters is 2. The van der Waals surface area contributed by atoms with E-state index in [4.69, 9.17) is 56.2 Å². The van der Waals surface area contributed by atoms with Gasteiger partial charge in [0.1, 0.15) is 48.3 Å². The van der Waals surface area contributed by atoms with Gasteiger partial charge in [-0.3, -0.25) is 30.0 Å². The maximum Gasteiger partial charge on any atom is 0.343 e. The van der Waals surface area contributed by atoms with E-state index in [1.807, 2.05) is 0 Å². The molecule has 4 aromatic rings. The number of nitrogens with two attached hydrogens (primary N) is 2. The molecule has 0 heterocycles. The van der Waals surface area contributed by atoms with Crippen molar-refractivity contribution in [2.75, 3.05) is 37.1 Å². The zero-order chi connectivity index (χ0) is 49.2. The van der Waals surface area contributed by atoms with Crippen molar-refractivity contribution in [1.29, 1.82) is 10.8 Å². The Kier molecular flexibility index (Phi) is 22.2. The number of aliphatic carboxylic acids is 4. The Balaban J connectivity index is 0.00000817. The van der Waals surface area contributed by atoms with Crippen LogP contribution in [0.5, 0.6) is 23.0 Å². The van der Waals surface area contributed by atoms with Crippen LogP contribution in [0.4, 0.5) is 11.4 Å². The molecule has 2 amide bonds. The minimum atomic E-state index is -1.82. The monoisotopic (exact) mass is 1000 g/mol. The molecule has 0 aliphatic carbocycles. The average molecular weight is 1000 g/mol. The van der Waals surface area contributed by atoms with Gasteiger partial charge in [-0.1, -0.05) is 0 Å². The summed E-state index contributed by atoms with van der Waals surface area (Å²) >= 11 is 0. The highest BCUT2D eigenvalue weighted by Gasteiger charge is 2.27. The quantitative estimate of drug-likeness (QED) is 0.0158. The van der Waals surface area contributed by atoms with Gasteiger partial charge < -0.3 is 76.8 Å². The third-order valence-corrected chi connectivity index (χ3v) is 8.55. The van der Waals surface area contributed by atoms with Gasteiger partial charge in [0.15, 0.2) is 11.9 Å². The first-order chi connectivity index (χ1) is 31.8. The Hall–Kier alpha value is -8.68. The van der Waals surface area contributed by atoms with E-state index in [0.717, 1.165) is 24.3 Å².